The second-order valence-corrected chi connectivity index (χ2v) is 4.25. The van der Waals surface area contributed by atoms with E-state index in [2.05, 4.69) is 20.8 Å². The molecule has 1 aromatic heterocycles. The van der Waals surface area contributed by atoms with E-state index in [0.29, 0.717) is 5.82 Å². The van der Waals surface area contributed by atoms with Crippen molar-refractivity contribution < 1.29 is 19.2 Å². The molecule has 1 aromatic rings. The summed E-state index contributed by atoms with van der Waals surface area (Å²) in [5.74, 6) is -0.385. The molecule has 0 fully saturated rings. The number of amides is 2. The van der Waals surface area contributed by atoms with Crippen LogP contribution in [0.3, 0.4) is 0 Å². The molecule has 106 valence electrons. The normalized spacial score (nSPS) is 12.2. The highest BCUT2D eigenvalue weighted by Crippen LogP contribution is 2.15. The molecule has 0 bridgehead atoms. The average molecular weight is 271 g/mol. The fraction of sp³-hybridized carbons (Fsp3) is 0.600. The number of carboxylic acid groups (broad SMARTS) is 1. The highest BCUT2D eigenvalue weighted by atomic mass is 16.5. The minimum absolute atomic E-state index is 0.00324. The summed E-state index contributed by atoms with van der Waals surface area (Å²) in [5, 5.41) is 16.6. The summed E-state index contributed by atoms with van der Waals surface area (Å²) in [4.78, 5) is 25.4. The maximum atomic E-state index is 11.2. The Balaban J connectivity index is 2.42. The first-order chi connectivity index (χ1) is 8.90. The van der Waals surface area contributed by atoms with Crippen LogP contribution < -0.4 is 16.4 Å². The van der Waals surface area contributed by atoms with Crippen molar-refractivity contribution in [3.8, 4) is 0 Å². The molecule has 0 saturated heterocycles. The molecule has 9 heteroatoms. The Morgan fingerprint density at radius 3 is 2.68 bits per heavy atom. The van der Waals surface area contributed by atoms with Gasteiger partial charge in [0.2, 0.25) is 5.89 Å². The van der Waals surface area contributed by atoms with Gasteiger partial charge in [-0.3, -0.25) is 4.79 Å². The van der Waals surface area contributed by atoms with Crippen LogP contribution in [0.4, 0.5) is 4.79 Å². The van der Waals surface area contributed by atoms with E-state index in [4.69, 9.17) is 15.4 Å². The SMILES string of the molecule is CC(C)C(N)c1noc(CNC(=O)NCC(=O)O)n1. The van der Waals surface area contributed by atoms with Gasteiger partial charge in [0, 0.05) is 0 Å². The third kappa shape index (κ3) is 4.92. The summed E-state index contributed by atoms with van der Waals surface area (Å²) >= 11 is 0. The minimum Gasteiger partial charge on any atom is -0.480 e. The van der Waals surface area contributed by atoms with Crippen molar-refractivity contribution in [2.45, 2.75) is 26.4 Å². The number of nitrogens with one attached hydrogen (secondary N) is 2. The summed E-state index contributed by atoms with van der Waals surface area (Å²) in [6.45, 7) is 3.40. The number of hydrogen-bond donors (Lipinski definition) is 4. The van der Waals surface area contributed by atoms with Crippen LogP contribution in [0, 0.1) is 5.92 Å². The number of aliphatic carboxylic acids is 1. The maximum Gasteiger partial charge on any atom is 0.323 e. The Kier molecular flexibility index (Phi) is 5.24. The first-order valence-corrected chi connectivity index (χ1v) is 5.71. The third-order valence-corrected chi connectivity index (χ3v) is 2.30. The molecule has 19 heavy (non-hydrogen) atoms. The number of carboxylic acids is 1. The van der Waals surface area contributed by atoms with E-state index in [1.165, 1.54) is 0 Å². The molecular formula is C10H17N5O4. The first kappa shape index (κ1) is 14.9. The predicted octanol–water partition coefficient (Wildman–Crippen LogP) is -0.391. The average Bonchev–Trinajstić information content (AvgIpc) is 2.81. The molecule has 1 atom stereocenters. The minimum atomic E-state index is -1.13. The van der Waals surface area contributed by atoms with E-state index >= 15 is 0 Å². The van der Waals surface area contributed by atoms with Crippen molar-refractivity contribution >= 4 is 12.0 Å². The zero-order valence-electron chi connectivity index (χ0n) is 10.7. The van der Waals surface area contributed by atoms with Crippen molar-refractivity contribution in [2.24, 2.45) is 11.7 Å². The van der Waals surface area contributed by atoms with Gasteiger partial charge in [-0.05, 0) is 5.92 Å². The van der Waals surface area contributed by atoms with E-state index in [0.717, 1.165) is 0 Å². The second kappa shape index (κ2) is 6.69. The van der Waals surface area contributed by atoms with Gasteiger partial charge in [0.1, 0.15) is 6.54 Å². The second-order valence-electron chi connectivity index (χ2n) is 4.25. The summed E-state index contributed by atoms with van der Waals surface area (Å²) in [7, 11) is 0. The van der Waals surface area contributed by atoms with E-state index in [9.17, 15) is 9.59 Å². The van der Waals surface area contributed by atoms with E-state index in [1.54, 1.807) is 0 Å². The standard InChI is InChI=1S/C10H17N5O4/c1-5(2)8(11)9-14-6(19-15-9)3-12-10(18)13-4-7(16)17/h5,8H,3-4,11H2,1-2H3,(H,16,17)(H2,12,13,18). The lowest BCUT2D eigenvalue weighted by molar-refractivity contribution is -0.135. The molecule has 0 spiro atoms. The number of rotatable bonds is 6. The fourth-order valence-electron chi connectivity index (χ4n) is 1.15. The van der Waals surface area contributed by atoms with Crippen LogP contribution in [0.15, 0.2) is 4.52 Å². The molecule has 9 nitrogen and oxygen atoms in total. The summed E-state index contributed by atoms with van der Waals surface area (Å²) in [6.07, 6.45) is 0. The lowest BCUT2D eigenvalue weighted by Gasteiger charge is -2.09. The molecule has 1 unspecified atom stereocenters. The van der Waals surface area contributed by atoms with E-state index in [-0.39, 0.29) is 24.4 Å². The summed E-state index contributed by atoms with van der Waals surface area (Å²) < 4.78 is 4.91. The van der Waals surface area contributed by atoms with Crippen molar-refractivity contribution in [3.63, 3.8) is 0 Å². The van der Waals surface area contributed by atoms with Gasteiger partial charge in [0.15, 0.2) is 5.82 Å². The maximum absolute atomic E-state index is 11.2. The molecule has 0 radical (unpaired) electrons. The summed E-state index contributed by atoms with van der Waals surface area (Å²) in [5.41, 5.74) is 5.84. The number of nitrogens with two attached hydrogens (primary N) is 1. The van der Waals surface area contributed by atoms with Gasteiger partial charge in [-0.2, -0.15) is 4.98 Å². The van der Waals surface area contributed by atoms with Gasteiger partial charge >= 0.3 is 12.0 Å². The molecule has 0 aliphatic carbocycles. The van der Waals surface area contributed by atoms with Crippen molar-refractivity contribution in [2.75, 3.05) is 6.54 Å². The number of carbonyl (C=O) groups excluding carboxylic acids is 1. The van der Waals surface area contributed by atoms with E-state index in [1.807, 2.05) is 13.8 Å². The zero-order chi connectivity index (χ0) is 14.4. The number of hydrogen-bond acceptors (Lipinski definition) is 6. The molecule has 5 N–H and O–H groups in total. The predicted molar refractivity (Wildman–Crippen MR) is 63.9 cm³/mol. The number of nitrogens with zero attached hydrogens (tertiary/aromatic N) is 2. The molecule has 1 heterocycles. The zero-order valence-corrected chi connectivity index (χ0v) is 10.7. The molecule has 0 saturated carbocycles. The molecule has 0 aliphatic heterocycles. The molecule has 1 rings (SSSR count). The molecule has 2 amide bonds. The molecular weight excluding hydrogens is 254 g/mol. The van der Waals surface area contributed by atoms with Gasteiger partial charge in [-0.1, -0.05) is 19.0 Å². The van der Waals surface area contributed by atoms with Crippen LogP contribution in [0.5, 0.6) is 0 Å². The molecule has 0 aliphatic rings. The van der Waals surface area contributed by atoms with Gasteiger partial charge < -0.3 is 26.0 Å². The fourth-order valence-corrected chi connectivity index (χ4v) is 1.15. The van der Waals surface area contributed by atoms with Crippen LogP contribution in [0.25, 0.3) is 0 Å². The smallest absolute Gasteiger partial charge is 0.323 e. The van der Waals surface area contributed by atoms with Crippen LogP contribution in [0.1, 0.15) is 31.6 Å². The topological polar surface area (TPSA) is 143 Å². The van der Waals surface area contributed by atoms with Crippen LogP contribution in [-0.2, 0) is 11.3 Å². The highest BCUT2D eigenvalue weighted by Gasteiger charge is 2.17. The Hall–Kier alpha value is -2.16. The highest BCUT2D eigenvalue weighted by molar-refractivity contribution is 5.79. The lowest BCUT2D eigenvalue weighted by atomic mass is 10.1. The van der Waals surface area contributed by atoms with Crippen molar-refractivity contribution in [1.82, 2.24) is 20.8 Å². The summed E-state index contributed by atoms with van der Waals surface area (Å²) in [6, 6.07) is -0.964. The van der Waals surface area contributed by atoms with Gasteiger partial charge in [0.05, 0.1) is 12.6 Å². The Labute approximate surface area is 109 Å². The van der Waals surface area contributed by atoms with Crippen LogP contribution >= 0.6 is 0 Å². The van der Waals surface area contributed by atoms with Crippen molar-refractivity contribution in [1.29, 1.82) is 0 Å². The van der Waals surface area contributed by atoms with Crippen molar-refractivity contribution in [3.05, 3.63) is 11.7 Å². The quantitative estimate of drug-likeness (QED) is 0.551. The lowest BCUT2D eigenvalue weighted by Crippen LogP contribution is -2.38. The third-order valence-electron chi connectivity index (χ3n) is 2.30. The molecule has 0 aromatic carbocycles. The number of urea groups is 1. The van der Waals surface area contributed by atoms with Crippen LogP contribution in [0.2, 0.25) is 0 Å². The first-order valence-electron chi connectivity index (χ1n) is 5.71. The number of carbonyl (C=O) groups is 2. The Morgan fingerprint density at radius 1 is 1.42 bits per heavy atom. The Bertz CT molecular complexity index is 445. The monoisotopic (exact) mass is 271 g/mol. The van der Waals surface area contributed by atoms with Crippen LogP contribution in [-0.4, -0.2) is 33.8 Å². The van der Waals surface area contributed by atoms with Gasteiger partial charge in [-0.25, -0.2) is 4.79 Å². The van der Waals surface area contributed by atoms with Gasteiger partial charge in [0.25, 0.3) is 0 Å². The number of aromatic nitrogens is 2. The Morgan fingerprint density at radius 2 is 2.11 bits per heavy atom. The van der Waals surface area contributed by atoms with E-state index < -0.39 is 18.5 Å². The largest absolute Gasteiger partial charge is 0.480 e. The van der Waals surface area contributed by atoms with Gasteiger partial charge in [-0.15, -0.1) is 0 Å².